The molecule has 4 aromatic rings. The Morgan fingerprint density at radius 2 is 1.52 bits per heavy atom. The van der Waals surface area contributed by atoms with E-state index in [1.807, 2.05) is 77.4 Å². The van der Waals surface area contributed by atoms with Gasteiger partial charge in [0, 0.05) is 37.2 Å². The van der Waals surface area contributed by atoms with Crippen molar-refractivity contribution >= 4 is 28.4 Å². The van der Waals surface area contributed by atoms with Gasteiger partial charge in [-0.25, -0.2) is 0 Å². The van der Waals surface area contributed by atoms with Crippen LogP contribution in [0.15, 0.2) is 84.9 Å². The maximum Gasteiger partial charge on any atom is 0.272 e. The normalized spacial score (nSPS) is 10.8. The molecule has 0 unspecified atom stereocenters. The first-order valence-electron chi connectivity index (χ1n) is 10.2. The fourth-order valence-electron chi connectivity index (χ4n) is 3.57. The van der Waals surface area contributed by atoms with E-state index in [4.69, 9.17) is 0 Å². The molecule has 156 valence electrons. The van der Waals surface area contributed by atoms with Gasteiger partial charge in [-0.15, -0.1) is 0 Å². The number of carbonyl (C=O) groups is 2. The van der Waals surface area contributed by atoms with Crippen LogP contribution in [0.1, 0.15) is 21.6 Å². The van der Waals surface area contributed by atoms with Crippen molar-refractivity contribution in [3.63, 3.8) is 0 Å². The highest BCUT2D eigenvalue weighted by molar-refractivity contribution is 6.06. The van der Waals surface area contributed by atoms with Crippen molar-refractivity contribution in [1.29, 1.82) is 0 Å². The highest BCUT2D eigenvalue weighted by Crippen LogP contribution is 2.22. The lowest BCUT2D eigenvalue weighted by Gasteiger charge is -2.12. The molecule has 0 spiro atoms. The van der Waals surface area contributed by atoms with Gasteiger partial charge in [0.25, 0.3) is 5.91 Å². The molecule has 4 rings (SSSR count). The minimum atomic E-state index is -0.163. The van der Waals surface area contributed by atoms with Crippen molar-refractivity contribution in [3.05, 3.63) is 102 Å². The largest absolute Gasteiger partial charge is 0.349 e. The predicted molar refractivity (Wildman–Crippen MR) is 124 cm³/mol. The number of fused-ring (bicyclic) bond motifs is 1. The molecule has 0 saturated heterocycles. The molecule has 0 bridgehead atoms. The van der Waals surface area contributed by atoms with Crippen LogP contribution in [0, 0.1) is 0 Å². The van der Waals surface area contributed by atoms with Gasteiger partial charge < -0.3 is 14.8 Å². The van der Waals surface area contributed by atoms with Crippen molar-refractivity contribution in [2.24, 2.45) is 0 Å². The first-order chi connectivity index (χ1) is 15.0. The zero-order chi connectivity index (χ0) is 21.8. The molecule has 31 heavy (non-hydrogen) atoms. The van der Waals surface area contributed by atoms with E-state index >= 15 is 0 Å². The molecule has 5 heteroatoms. The standard InChI is InChI=1S/C26H25N3O2/c1-28(2)25(30)16-19-12-14-22(15-13-19)27-26(31)24-17-21-10-6-7-11-23(21)29(24)18-20-8-4-3-5-9-20/h3-15,17H,16,18H2,1-2H3,(H,27,31). The van der Waals surface area contributed by atoms with Crippen LogP contribution in [0.5, 0.6) is 0 Å². The minimum absolute atomic E-state index is 0.0437. The van der Waals surface area contributed by atoms with E-state index in [0.717, 1.165) is 22.0 Å². The number of para-hydroxylation sites is 1. The highest BCUT2D eigenvalue weighted by atomic mass is 16.2. The third-order valence-electron chi connectivity index (χ3n) is 5.29. The number of hydrogen-bond donors (Lipinski definition) is 1. The van der Waals surface area contributed by atoms with Gasteiger partial charge in [-0.05, 0) is 35.4 Å². The van der Waals surface area contributed by atoms with E-state index < -0.39 is 0 Å². The van der Waals surface area contributed by atoms with E-state index in [9.17, 15) is 9.59 Å². The molecule has 1 N–H and O–H groups in total. The number of nitrogens with one attached hydrogen (secondary N) is 1. The van der Waals surface area contributed by atoms with Gasteiger partial charge in [0.15, 0.2) is 0 Å². The van der Waals surface area contributed by atoms with Gasteiger partial charge in [0.05, 0.1) is 6.42 Å². The Labute approximate surface area is 181 Å². The number of carbonyl (C=O) groups excluding carboxylic acids is 2. The average Bonchev–Trinajstić information content (AvgIpc) is 3.14. The summed E-state index contributed by atoms with van der Waals surface area (Å²) in [4.78, 5) is 26.6. The van der Waals surface area contributed by atoms with E-state index in [1.54, 1.807) is 19.0 Å². The summed E-state index contributed by atoms with van der Waals surface area (Å²) < 4.78 is 2.05. The smallest absolute Gasteiger partial charge is 0.272 e. The zero-order valence-electron chi connectivity index (χ0n) is 17.7. The van der Waals surface area contributed by atoms with Crippen LogP contribution in [-0.2, 0) is 17.8 Å². The number of aromatic nitrogens is 1. The van der Waals surface area contributed by atoms with Crippen molar-refractivity contribution in [2.75, 3.05) is 19.4 Å². The summed E-state index contributed by atoms with van der Waals surface area (Å²) in [5.41, 5.74) is 4.37. The molecule has 0 radical (unpaired) electrons. The predicted octanol–water partition coefficient (Wildman–Crippen LogP) is 4.57. The molecule has 0 fully saturated rings. The van der Waals surface area contributed by atoms with Gasteiger partial charge >= 0.3 is 0 Å². The number of rotatable bonds is 6. The zero-order valence-corrected chi connectivity index (χ0v) is 17.7. The first kappa shape index (κ1) is 20.4. The lowest BCUT2D eigenvalue weighted by molar-refractivity contribution is -0.127. The van der Waals surface area contributed by atoms with Gasteiger partial charge in [-0.3, -0.25) is 9.59 Å². The van der Waals surface area contributed by atoms with Crippen LogP contribution in [0.3, 0.4) is 0 Å². The van der Waals surface area contributed by atoms with Crippen molar-refractivity contribution in [1.82, 2.24) is 9.47 Å². The molecule has 1 aromatic heterocycles. The van der Waals surface area contributed by atoms with E-state index in [2.05, 4.69) is 17.4 Å². The number of anilines is 1. The van der Waals surface area contributed by atoms with Crippen LogP contribution in [-0.4, -0.2) is 35.4 Å². The van der Waals surface area contributed by atoms with Gasteiger partial charge in [0.1, 0.15) is 5.69 Å². The molecule has 0 aliphatic rings. The second-order valence-corrected chi connectivity index (χ2v) is 7.78. The number of likely N-dealkylation sites (N-methyl/N-ethyl adjacent to an activating group) is 1. The number of hydrogen-bond acceptors (Lipinski definition) is 2. The minimum Gasteiger partial charge on any atom is -0.349 e. The Morgan fingerprint density at radius 3 is 2.23 bits per heavy atom. The number of amides is 2. The Kier molecular flexibility index (Phi) is 5.85. The van der Waals surface area contributed by atoms with Crippen molar-refractivity contribution in [2.45, 2.75) is 13.0 Å². The summed E-state index contributed by atoms with van der Waals surface area (Å²) in [6.07, 6.45) is 0.340. The van der Waals surface area contributed by atoms with Crippen LogP contribution < -0.4 is 5.32 Å². The van der Waals surface area contributed by atoms with Crippen LogP contribution in [0.2, 0.25) is 0 Å². The van der Waals surface area contributed by atoms with Gasteiger partial charge in [-0.1, -0.05) is 60.7 Å². The highest BCUT2D eigenvalue weighted by Gasteiger charge is 2.16. The SMILES string of the molecule is CN(C)C(=O)Cc1ccc(NC(=O)c2cc3ccccc3n2Cc2ccccc2)cc1. The summed E-state index contributed by atoms with van der Waals surface area (Å²) in [7, 11) is 3.48. The Balaban J connectivity index is 1.58. The number of nitrogens with zero attached hydrogens (tertiary/aromatic N) is 2. The molecule has 3 aromatic carbocycles. The van der Waals surface area contributed by atoms with Crippen LogP contribution in [0.25, 0.3) is 10.9 Å². The summed E-state index contributed by atoms with van der Waals surface area (Å²) in [6, 6.07) is 27.5. The van der Waals surface area contributed by atoms with Crippen LogP contribution in [0.4, 0.5) is 5.69 Å². The molecule has 2 amide bonds. The fourth-order valence-corrected chi connectivity index (χ4v) is 3.57. The van der Waals surface area contributed by atoms with E-state index in [-0.39, 0.29) is 11.8 Å². The summed E-state index contributed by atoms with van der Waals surface area (Å²) >= 11 is 0. The van der Waals surface area contributed by atoms with Crippen molar-refractivity contribution in [3.8, 4) is 0 Å². The Morgan fingerprint density at radius 1 is 0.839 bits per heavy atom. The lowest BCUT2D eigenvalue weighted by Crippen LogP contribution is -2.23. The topological polar surface area (TPSA) is 54.3 Å². The van der Waals surface area contributed by atoms with Gasteiger partial charge in [-0.2, -0.15) is 0 Å². The fraction of sp³-hybridized carbons (Fsp3) is 0.154. The second kappa shape index (κ2) is 8.88. The molecule has 1 heterocycles. The lowest BCUT2D eigenvalue weighted by atomic mass is 10.1. The molecule has 0 atom stereocenters. The molecule has 0 aliphatic carbocycles. The quantitative estimate of drug-likeness (QED) is 0.505. The average molecular weight is 412 g/mol. The summed E-state index contributed by atoms with van der Waals surface area (Å²) in [5, 5.41) is 4.02. The first-order valence-corrected chi connectivity index (χ1v) is 10.2. The van der Waals surface area contributed by atoms with Gasteiger partial charge in [0.2, 0.25) is 5.91 Å². The summed E-state index contributed by atoms with van der Waals surface area (Å²) in [6.45, 7) is 0.614. The Bertz CT molecular complexity index is 1210. The molecular weight excluding hydrogens is 386 g/mol. The van der Waals surface area contributed by atoms with E-state index in [1.165, 1.54) is 0 Å². The second-order valence-electron chi connectivity index (χ2n) is 7.78. The van der Waals surface area contributed by atoms with E-state index in [0.29, 0.717) is 24.3 Å². The summed E-state index contributed by atoms with van der Waals surface area (Å²) in [5.74, 6) is -0.119. The maximum atomic E-state index is 13.2. The molecular formula is C26H25N3O2. The molecule has 0 aliphatic heterocycles. The monoisotopic (exact) mass is 411 g/mol. The third-order valence-corrected chi connectivity index (χ3v) is 5.29. The van der Waals surface area contributed by atoms with Crippen LogP contribution >= 0.6 is 0 Å². The molecule has 5 nitrogen and oxygen atoms in total. The third kappa shape index (κ3) is 4.67. The Hall–Kier alpha value is -3.86. The van der Waals surface area contributed by atoms with Crippen molar-refractivity contribution < 1.29 is 9.59 Å². The molecule has 0 saturated carbocycles. The number of benzene rings is 3. The maximum absolute atomic E-state index is 13.2.